The van der Waals surface area contributed by atoms with Crippen molar-refractivity contribution in [2.75, 3.05) is 6.61 Å². The first-order valence-corrected chi connectivity index (χ1v) is 12.2. The van der Waals surface area contributed by atoms with Crippen LogP contribution in [-0.4, -0.2) is 50.5 Å². The molecule has 2 N–H and O–H groups in total. The molecule has 1 saturated carbocycles. The number of nitrogens with one attached hydrogen (secondary N) is 1. The Bertz CT molecular complexity index is 1330. The second kappa shape index (κ2) is 9.97. The first kappa shape index (κ1) is 26.1. The zero-order valence-corrected chi connectivity index (χ0v) is 20.1. The van der Waals surface area contributed by atoms with Crippen molar-refractivity contribution in [1.82, 2.24) is 20.1 Å². The highest BCUT2D eigenvalue weighted by molar-refractivity contribution is 5.80. The van der Waals surface area contributed by atoms with Crippen molar-refractivity contribution in [3.63, 3.8) is 0 Å². The fraction of sp³-hybridized carbons (Fsp3) is 0.423. The van der Waals surface area contributed by atoms with Crippen LogP contribution in [0.5, 0.6) is 5.75 Å². The van der Waals surface area contributed by atoms with Crippen LogP contribution >= 0.6 is 0 Å². The predicted octanol–water partition coefficient (Wildman–Crippen LogP) is 4.45. The van der Waals surface area contributed by atoms with Crippen molar-refractivity contribution < 1.29 is 36.6 Å². The third-order valence-corrected chi connectivity index (χ3v) is 7.16. The molecule has 2 atom stereocenters. The number of alkyl halides is 4. The number of hydrogen-bond donors (Lipinski definition) is 2. The highest BCUT2D eigenvalue weighted by atomic mass is 19.3. The second-order valence-corrected chi connectivity index (χ2v) is 9.83. The van der Waals surface area contributed by atoms with E-state index < -0.39 is 55.2 Å². The number of aliphatic hydroxyl groups is 1. The molecule has 12 heteroatoms. The Hall–Kier alpha value is -3.54. The van der Waals surface area contributed by atoms with Gasteiger partial charge in [0.1, 0.15) is 11.6 Å². The number of nitrogens with zero attached hydrogens (tertiary/aromatic N) is 3. The summed E-state index contributed by atoms with van der Waals surface area (Å²) in [5.74, 6) is -4.31. The van der Waals surface area contributed by atoms with Gasteiger partial charge >= 0.3 is 6.61 Å². The third kappa shape index (κ3) is 5.22. The highest BCUT2D eigenvalue weighted by Crippen LogP contribution is 2.42. The van der Waals surface area contributed by atoms with Crippen molar-refractivity contribution >= 4 is 5.91 Å². The molecule has 202 valence electrons. The van der Waals surface area contributed by atoms with E-state index in [1.54, 1.807) is 12.1 Å². The fourth-order valence-electron chi connectivity index (χ4n) is 5.31. The topological polar surface area (TPSA) is 89.3 Å². The Morgan fingerprint density at radius 3 is 2.71 bits per heavy atom. The zero-order valence-electron chi connectivity index (χ0n) is 20.1. The summed E-state index contributed by atoms with van der Waals surface area (Å²) < 4.78 is 72.9. The molecule has 3 aromatic rings. The minimum absolute atomic E-state index is 0.0289. The summed E-state index contributed by atoms with van der Waals surface area (Å²) in [4.78, 5) is 17.3. The summed E-state index contributed by atoms with van der Waals surface area (Å²) in [7, 11) is 0. The van der Waals surface area contributed by atoms with Crippen LogP contribution in [0, 0.1) is 11.7 Å². The number of benzene rings is 1. The van der Waals surface area contributed by atoms with Gasteiger partial charge in [-0.1, -0.05) is 12.1 Å². The Morgan fingerprint density at radius 1 is 1.24 bits per heavy atom. The van der Waals surface area contributed by atoms with E-state index in [-0.39, 0.29) is 24.4 Å². The molecule has 0 spiro atoms. The maximum Gasteiger partial charge on any atom is 0.387 e. The molecule has 1 aromatic carbocycles. The number of pyridine rings is 1. The van der Waals surface area contributed by atoms with Gasteiger partial charge in [0, 0.05) is 36.3 Å². The minimum Gasteiger partial charge on any atom is -0.435 e. The quantitative estimate of drug-likeness (QED) is 0.436. The van der Waals surface area contributed by atoms with Crippen LogP contribution in [0.2, 0.25) is 0 Å². The van der Waals surface area contributed by atoms with Crippen molar-refractivity contribution in [3.8, 4) is 22.8 Å². The summed E-state index contributed by atoms with van der Waals surface area (Å²) >= 11 is 0. The maximum atomic E-state index is 13.9. The van der Waals surface area contributed by atoms with Gasteiger partial charge < -0.3 is 15.2 Å². The van der Waals surface area contributed by atoms with E-state index in [1.165, 1.54) is 28.9 Å². The number of carbonyl (C=O) groups is 1. The van der Waals surface area contributed by atoms with Crippen LogP contribution in [-0.2, 0) is 17.6 Å². The summed E-state index contributed by atoms with van der Waals surface area (Å²) in [6.45, 7) is -3.59. The Morgan fingerprint density at radius 2 is 2.05 bits per heavy atom. The minimum atomic E-state index is -3.00. The summed E-state index contributed by atoms with van der Waals surface area (Å²) in [5.41, 5.74) is 0.984. The monoisotopic (exact) mass is 536 g/mol. The molecule has 0 aliphatic heterocycles. The summed E-state index contributed by atoms with van der Waals surface area (Å²) in [6.07, 6.45) is 0.892. The van der Waals surface area contributed by atoms with E-state index in [9.17, 15) is 31.9 Å². The van der Waals surface area contributed by atoms with Gasteiger partial charge in [-0.15, -0.1) is 0 Å². The molecular formula is C26H25F5N4O3. The molecular weight excluding hydrogens is 511 g/mol. The number of fused-ring (bicyclic) bond motifs is 1. The van der Waals surface area contributed by atoms with E-state index in [1.807, 2.05) is 0 Å². The number of carbonyl (C=O) groups excluding carboxylic acids is 1. The lowest BCUT2D eigenvalue weighted by Gasteiger charge is -2.31. The Balaban J connectivity index is 1.48. The number of ether oxygens (including phenoxy) is 1. The lowest BCUT2D eigenvalue weighted by molar-refractivity contribution is -0.128. The first-order valence-electron chi connectivity index (χ1n) is 12.2. The van der Waals surface area contributed by atoms with E-state index >= 15 is 0 Å². The molecule has 2 heterocycles. The van der Waals surface area contributed by atoms with Crippen LogP contribution in [0.4, 0.5) is 22.0 Å². The van der Waals surface area contributed by atoms with Gasteiger partial charge in [-0.05, 0) is 43.5 Å². The standard InChI is InChI=1S/C26H25F5N4O3/c27-17-5-7-21(32-12-17)35-20-11-16(23(37)33-25(14-36)8-9-26(30,31)13-25)4-6-19(20)22(34-35)15-2-1-3-18(10-15)38-24(28)29/h1-3,5,7,10,12,16,24,36H,4,6,8-9,11,13-14H2,(H,33,37)/t16?,25-/m0/s1. The van der Waals surface area contributed by atoms with Gasteiger partial charge in [0.25, 0.3) is 5.92 Å². The average molecular weight is 537 g/mol. The van der Waals surface area contributed by atoms with E-state index in [2.05, 4.69) is 20.1 Å². The molecule has 38 heavy (non-hydrogen) atoms. The highest BCUT2D eigenvalue weighted by Gasteiger charge is 2.50. The van der Waals surface area contributed by atoms with Gasteiger partial charge in [0.15, 0.2) is 5.82 Å². The molecule has 5 rings (SSSR count). The van der Waals surface area contributed by atoms with E-state index in [0.29, 0.717) is 29.8 Å². The van der Waals surface area contributed by atoms with Crippen LogP contribution in [0.25, 0.3) is 17.1 Å². The van der Waals surface area contributed by atoms with Gasteiger partial charge in [-0.2, -0.15) is 13.9 Å². The van der Waals surface area contributed by atoms with Crippen molar-refractivity contribution in [3.05, 3.63) is 59.7 Å². The molecule has 0 bridgehead atoms. The largest absolute Gasteiger partial charge is 0.435 e. The molecule has 2 aliphatic rings. The van der Waals surface area contributed by atoms with Gasteiger partial charge in [0.2, 0.25) is 5.91 Å². The molecule has 1 fully saturated rings. The molecule has 2 aromatic heterocycles. The normalized spacial score (nSPS) is 22.3. The van der Waals surface area contributed by atoms with Crippen LogP contribution in [0.3, 0.4) is 0 Å². The van der Waals surface area contributed by atoms with Gasteiger partial charge in [0.05, 0.1) is 29.7 Å². The predicted molar refractivity (Wildman–Crippen MR) is 126 cm³/mol. The number of amides is 1. The van der Waals surface area contributed by atoms with Gasteiger partial charge in [-0.3, -0.25) is 4.79 Å². The third-order valence-electron chi connectivity index (χ3n) is 7.16. The van der Waals surface area contributed by atoms with E-state index in [0.717, 1.165) is 11.8 Å². The smallest absolute Gasteiger partial charge is 0.387 e. The average Bonchev–Trinajstić information content (AvgIpc) is 3.41. The summed E-state index contributed by atoms with van der Waals surface area (Å²) in [6, 6.07) is 8.71. The zero-order chi connectivity index (χ0) is 27.1. The van der Waals surface area contributed by atoms with E-state index in [4.69, 9.17) is 0 Å². The number of aromatic nitrogens is 3. The first-order chi connectivity index (χ1) is 18.1. The number of halogens is 5. The fourth-order valence-corrected chi connectivity index (χ4v) is 5.31. The number of hydrogen-bond acceptors (Lipinski definition) is 5. The van der Waals surface area contributed by atoms with Crippen LogP contribution < -0.4 is 10.1 Å². The van der Waals surface area contributed by atoms with Crippen LogP contribution in [0.1, 0.15) is 36.9 Å². The molecule has 0 radical (unpaired) electrons. The lowest BCUT2D eigenvalue weighted by Crippen LogP contribution is -2.52. The van der Waals surface area contributed by atoms with Crippen LogP contribution in [0.15, 0.2) is 42.6 Å². The maximum absolute atomic E-state index is 13.9. The van der Waals surface area contributed by atoms with Gasteiger partial charge in [-0.25, -0.2) is 22.8 Å². The Labute approximate surface area is 214 Å². The second-order valence-electron chi connectivity index (χ2n) is 9.83. The van der Waals surface area contributed by atoms with Crippen molar-refractivity contribution in [2.45, 2.75) is 56.6 Å². The lowest BCUT2D eigenvalue weighted by atomic mass is 9.84. The Kier molecular flexibility index (Phi) is 6.84. The number of rotatable bonds is 7. The number of aliphatic hydroxyl groups excluding tert-OH is 1. The SMILES string of the molecule is O=C(N[C@@]1(CO)CCC(F)(F)C1)C1CCc2c(-c3cccc(OC(F)F)c3)nn(-c3ccc(F)cn3)c2C1. The molecule has 2 aliphatic carbocycles. The molecule has 0 saturated heterocycles. The van der Waals surface area contributed by atoms with Crippen molar-refractivity contribution in [1.29, 1.82) is 0 Å². The molecule has 1 amide bonds. The molecule has 1 unspecified atom stereocenters. The summed E-state index contributed by atoms with van der Waals surface area (Å²) in [5, 5.41) is 17.1. The van der Waals surface area contributed by atoms with Crippen molar-refractivity contribution in [2.24, 2.45) is 5.92 Å². The molecule has 7 nitrogen and oxygen atoms in total.